The van der Waals surface area contributed by atoms with E-state index in [0.29, 0.717) is 18.0 Å². The molecule has 1 aliphatic heterocycles. The third-order valence-electron chi connectivity index (χ3n) is 4.34. The molecule has 1 heterocycles. The number of nitrogens with zero attached hydrogens (tertiary/aromatic N) is 1. The Hall–Kier alpha value is -0.910. The number of fused-ring (bicyclic) bond motifs is 1. The quantitative estimate of drug-likeness (QED) is 0.883. The Balaban J connectivity index is 1.93. The summed E-state index contributed by atoms with van der Waals surface area (Å²) in [6, 6.07) is 5.51. The predicted molar refractivity (Wildman–Crippen MR) is 74.4 cm³/mol. The summed E-state index contributed by atoms with van der Waals surface area (Å²) in [5.74, 6) is 0.226. The summed E-state index contributed by atoms with van der Waals surface area (Å²) < 4.78 is 26.7. The zero-order valence-electron chi connectivity index (χ0n) is 11.2. The molecule has 0 spiro atoms. The molecule has 1 aromatic carbocycles. The van der Waals surface area contributed by atoms with Gasteiger partial charge in [0.2, 0.25) is 10.0 Å². The van der Waals surface area contributed by atoms with Gasteiger partial charge in [0.15, 0.2) is 0 Å². The van der Waals surface area contributed by atoms with E-state index in [0.717, 1.165) is 19.3 Å². The molecule has 1 aliphatic carbocycles. The van der Waals surface area contributed by atoms with Gasteiger partial charge in [0.05, 0.1) is 4.90 Å². The molecule has 2 unspecified atom stereocenters. The number of rotatable bonds is 2. The Morgan fingerprint density at radius 1 is 1.21 bits per heavy atom. The van der Waals surface area contributed by atoms with Crippen molar-refractivity contribution < 1.29 is 8.42 Å². The van der Waals surface area contributed by atoms with Crippen LogP contribution in [0.25, 0.3) is 0 Å². The minimum absolute atomic E-state index is 0.0517. The average molecular weight is 280 g/mol. The normalized spacial score (nSPS) is 27.7. The molecule has 0 amide bonds. The van der Waals surface area contributed by atoms with Crippen LogP contribution in [0.1, 0.15) is 24.5 Å². The van der Waals surface area contributed by atoms with Gasteiger partial charge in [-0.25, -0.2) is 8.42 Å². The number of hydrogen-bond donors (Lipinski definition) is 1. The van der Waals surface area contributed by atoms with E-state index in [1.54, 1.807) is 6.07 Å². The average Bonchev–Trinajstić information content (AvgIpc) is 2.96. The number of benzene rings is 1. The third-order valence-corrected chi connectivity index (χ3v) is 6.17. The van der Waals surface area contributed by atoms with Crippen molar-refractivity contribution in [2.24, 2.45) is 11.7 Å². The van der Waals surface area contributed by atoms with Gasteiger partial charge >= 0.3 is 0 Å². The maximum absolute atomic E-state index is 12.6. The molecule has 104 valence electrons. The Bertz CT molecular complexity index is 587. The van der Waals surface area contributed by atoms with E-state index in [2.05, 4.69) is 0 Å². The first-order valence-corrected chi connectivity index (χ1v) is 8.30. The van der Waals surface area contributed by atoms with E-state index < -0.39 is 10.0 Å². The van der Waals surface area contributed by atoms with Crippen molar-refractivity contribution in [3.8, 4) is 0 Å². The van der Waals surface area contributed by atoms with Crippen LogP contribution in [-0.4, -0.2) is 31.9 Å². The fourth-order valence-electron chi connectivity index (χ4n) is 3.00. The van der Waals surface area contributed by atoms with E-state index >= 15 is 0 Å². The van der Waals surface area contributed by atoms with Gasteiger partial charge in [0.1, 0.15) is 0 Å². The smallest absolute Gasteiger partial charge is 0.243 e. The van der Waals surface area contributed by atoms with Gasteiger partial charge in [0, 0.05) is 19.1 Å². The van der Waals surface area contributed by atoms with Crippen LogP contribution >= 0.6 is 0 Å². The summed E-state index contributed by atoms with van der Waals surface area (Å²) in [7, 11) is -3.37. The summed E-state index contributed by atoms with van der Waals surface area (Å²) in [4.78, 5) is 0.425. The van der Waals surface area contributed by atoms with E-state index in [-0.39, 0.29) is 12.0 Å². The van der Waals surface area contributed by atoms with Crippen molar-refractivity contribution >= 4 is 10.0 Å². The van der Waals surface area contributed by atoms with Crippen LogP contribution in [0.15, 0.2) is 23.1 Å². The van der Waals surface area contributed by atoms with Crippen LogP contribution in [0.5, 0.6) is 0 Å². The molecule has 1 fully saturated rings. The lowest BCUT2D eigenvalue weighted by Crippen LogP contribution is -2.32. The van der Waals surface area contributed by atoms with Crippen molar-refractivity contribution in [3.05, 3.63) is 29.3 Å². The molecule has 2 atom stereocenters. The molecule has 2 aliphatic rings. The minimum atomic E-state index is -3.37. The fourth-order valence-corrected chi connectivity index (χ4v) is 4.63. The van der Waals surface area contributed by atoms with Gasteiger partial charge in [-0.1, -0.05) is 13.0 Å². The summed E-state index contributed by atoms with van der Waals surface area (Å²) in [5, 5.41) is 0. The summed E-state index contributed by atoms with van der Waals surface area (Å²) >= 11 is 0. The Labute approximate surface area is 114 Å². The third kappa shape index (κ3) is 2.20. The highest BCUT2D eigenvalue weighted by atomic mass is 32.2. The molecular formula is C14H20N2O2S. The molecule has 19 heavy (non-hydrogen) atoms. The SMILES string of the molecule is CC1CN(S(=O)(=O)c2ccc3c(c2)CCC3)CC1N. The Kier molecular flexibility index (Phi) is 3.15. The van der Waals surface area contributed by atoms with Gasteiger partial charge in [-0.2, -0.15) is 4.31 Å². The Morgan fingerprint density at radius 2 is 1.95 bits per heavy atom. The van der Waals surface area contributed by atoms with Crippen LogP contribution in [0.3, 0.4) is 0 Å². The molecule has 0 saturated carbocycles. The monoisotopic (exact) mass is 280 g/mol. The van der Waals surface area contributed by atoms with Gasteiger partial charge in [-0.05, 0) is 48.4 Å². The van der Waals surface area contributed by atoms with Gasteiger partial charge in [0.25, 0.3) is 0 Å². The van der Waals surface area contributed by atoms with Gasteiger partial charge in [-0.3, -0.25) is 0 Å². The van der Waals surface area contributed by atoms with Crippen molar-refractivity contribution in [1.29, 1.82) is 0 Å². The molecule has 5 heteroatoms. The second kappa shape index (κ2) is 4.58. The zero-order valence-corrected chi connectivity index (χ0v) is 12.0. The van der Waals surface area contributed by atoms with Crippen LogP contribution < -0.4 is 5.73 Å². The van der Waals surface area contributed by atoms with Crippen LogP contribution in [-0.2, 0) is 22.9 Å². The largest absolute Gasteiger partial charge is 0.326 e. The highest BCUT2D eigenvalue weighted by Crippen LogP contribution is 2.28. The molecule has 1 aromatic rings. The Morgan fingerprint density at radius 3 is 2.63 bits per heavy atom. The molecule has 3 rings (SSSR count). The first kappa shape index (κ1) is 13.1. The number of hydrogen-bond acceptors (Lipinski definition) is 3. The maximum atomic E-state index is 12.6. The van der Waals surface area contributed by atoms with E-state index in [4.69, 9.17) is 5.73 Å². The summed E-state index contributed by atoms with van der Waals surface area (Å²) in [5.41, 5.74) is 8.42. The van der Waals surface area contributed by atoms with Gasteiger partial charge in [-0.15, -0.1) is 0 Å². The highest BCUT2D eigenvalue weighted by molar-refractivity contribution is 7.89. The maximum Gasteiger partial charge on any atom is 0.243 e. The second-order valence-corrected chi connectivity index (χ2v) is 7.69. The lowest BCUT2D eigenvalue weighted by molar-refractivity contribution is 0.464. The number of aryl methyl sites for hydroxylation is 2. The topological polar surface area (TPSA) is 63.4 Å². The molecule has 0 bridgehead atoms. The van der Waals surface area contributed by atoms with Crippen LogP contribution in [0.2, 0.25) is 0 Å². The lowest BCUT2D eigenvalue weighted by atomic mass is 10.1. The summed E-state index contributed by atoms with van der Waals surface area (Å²) in [6.45, 7) is 2.96. The number of sulfonamides is 1. The molecule has 0 radical (unpaired) electrons. The van der Waals surface area contributed by atoms with Crippen molar-refractivity contribution in [2.45, 2.75) is 37.1 Å². The standard InChI is InChI=1S/C14H20N2O2S/c1-10-8-16(9-14(10)15)19(17,18)13-6-5-11-3-2-4-12(11)7-13/h5-7,10,14H,2-4,8-9,15H2,1H3. The van der Waals surface area contributed by atoms with Crippen molar-refractivity contribution in [3.63, 3.8) is 0 Å². The second-order valence-electron chi connectivity index (χ2n) is 5.75. The number of nitrogens with two attached hydrogens (primary N) is 1. The minimum Gasteiger partial charge on any atom is -0.326 e. The van der Waals surface area contributed by atoms with Crippen molar-refractivity contribution in [2.75, 3.05) is 13.1 Å². The van der Waals surface area contributed by atoms with Crippen LogP contribution in [0, 0.1) is 5.92 Å². The van der Waals surface area contributed by atoms with E-state index in [9.17, 15) is 8.42 Å². The first-order valence-electron chi connectivity index (χ1n) is 6.86. The van der Waals surface area contributed by atoms with E-state index in [1.165, 1.54) is 15.4 Å². The molecule has 1 saturated heterocycles. The summed E-state index contributed by atoms with van der Waals surface area (Å²) in [6.07, 6.45) is 3.19. The molecule has 0 aromatic heterocycles. The predicted octanol–water partition coefficient (Wildman–Crippen LogP) is 1.14. The lowest BCUT2D eigenvalue weighted by Gasteiger charge is -2.16. The molecular weight excluding hydrogens is 260 g/mol. The van der Waals surface area contributed by atoms with Crippen LogP contribution in [0.4, 0.5) is 0 Å². The fraction of sp³-hybridized carbons (Fsp3) is 0.571. The zero-order chi connectivity index (χ0) is 13.6. The molecule has 4 nitrogen and oxygen atoms in total. The molecule has 2 N–H and O–H groups in total. The van der Waals surface area contributed by atoms with E-state index in [1.807, 2.05) is 19.1 Å². The highest BCUT2D eigenvalue weighted by Gasteiger charge is 2.35. The van der Waals surface area contributed by atoms with Crippen molar-refractivity contribution in [1.82, 2.24) is 4.31 Å². The first-order chi connectivity index (χ1) is 8.98. The van der Waals surface area contributed by atoms with Gasteiger partial charge < -0.3 is 5.73 Å².